The number of pyridine rings is 1. The molecule has 1 aromatic carbocycles. The zero-order chi connectivity index (χ0) is 14.0. The van der Waals surface area contributed by atoms with Gasteiger partial charge < -0.3 is 10.1 Å². The average molecular weight is 333 g/mol. The maximum absolute atomic E-state index is 13.5. The molecule has 0 bridgehead atoms. The summed E-state index contributed by atoms with van der Waals surface area (Å²) in [5.41, 5.74) is 0. The second-order valence-electron chi connectivity index (χ2n) is 3.53. The Hall–Kier alpha value is -1.76. The van der Waals surface area contributed by atoms with E-state index in [-0.39, 0.29) is 11.6 Å². The van der Waals surface area contributed by atoms with E-state index in [9.17, 15) is 13.2 Å². The van der Waals surface area contributed by atoms with E-state index in [1.54, 1.807) is 0 Å². The number of benzene rings is 1. The molecule has 1 N–H and O–H groups in total. The number of nitrogens with zero attached hydrogens (tertiary/aromatic N) is 1. The first-order chi connectivity index (χ1) is 9.01. The van der Waals surface area contributed by atoms with Gasteiger partial charge in [-0.05, 0) is 18.2 Å². The fraction of sp³-hybridized carbons (Fsp3) is 0.0833. The molecule has 0 aliphatic heterocycles. The van der Waals surface area contributed by atoms with Crippen LogP contribution in [0.2, 0.25) is 0 Å². The molecule has 0 radical (unpaired) electrons. The lowest BCUT2D eigenvalue weighted by molar-refractivity contribution is 0.395. The van der Waals surface area contributed by atoms with E-state index in [0.717, 1.165) is 6.07 Å². The van der Waals surface area contributed by atoms with Gasteiger partial charge in [-0.25, -0.2) is 13.2 Å². The van der Waals surface area contributed by atoms with Crippen molar-refractivity contribution in [3.05, 3.63) is 46.2 Å². The normalized spacial score (nSPS) is 10.4. The Morgan fingerprint density at radius 2 is 1.84 bits per heavy atom. The molecule has 0 spiro atoms. The molecule has 0 saturated heterocycles. The molecule has 0 atom stereocenters. The van der Waals surface area contributed by atoms with Crippen molar-refractivity contribution in [2.24, 2.45) is 0 Å². The van der Waals surface area contributed by atoms with Gasteiger partial charge in [0.25, 0.3) is 5.88 Å². The van der Waals surface area contributed by atoms with Crippen molar-refractivity contribution in [3.63, 3.8) is 0 Å². The first-order valence-electron chi connectivity index (χ1n) is 5.18. The lowest BCUT2D eigenvalue weighted by Gasteiger charge is -2.09. The van der Waals surface area contributed by atoms with E-state index in [0.29, 0.717) is 10.5 Å². The van der Waals surface area contributed by atoms with E-state index in [2.05, 4.69) is 26.2 Å². The minimum Gasteiger partial charge on any atom is -0.433 e. The largest absolute Gasteiger partial charge is 0.433 e. The van der Waals surface area contributed by atoms with Crippen molar-refractivity contribution in [1.29, 1.82) is 0 Å². The molecular weight excluding hydrogens is 325 g/mol. The van der Waals surface area contributed by atoms with E-state index in [1.165, 1.54) is 19.2 Å². The Labute approximate surface area is 115 Å². The van der Waals surface area contributed by atoms with Crippen LogP contribution in [-0.4, -0.2) is 12.0 Å². The third-order valence-electron chi connectivity index (χ3n) is 2.23. The summed E-state index contributed by atoms with van der Waals surface area (Å²) in [4.78, 5) is 3.59. The molecule has 1 aromatic heterocycles. The topological polar surface area (TPSA) is 34.2 Å². The molecule has 2 aromatic rings. The summed E-state index contributed by atoms with van der Waals surface area (Å²) in [7, 11) is 1.42. The van der Waals surface area contributed by atoms with Crippen LogP contribution in [0.5, 0.6) is 11.6 Å². The standard InChI is InChI=1S/C12H8BrF3N2O/c1-17-11-8(15)5-9(16)12(18-11)19-10-3-2-6(13)4-7(10)14/h2-5H,1H3,(H,17,18). The molecule has 0 aliphatic carbocycles. The van der Waals surface area contributed by atoms with E-state index < -0.39 is 23.3 Å². The van der Waals surface area contributed by atoms with E-state index in [1.807, 2.05) is 0 Å². The van der Waals surface area contributed by atoms with E-state index >= 15 is 0 Å². The monoisotopic (exact) mass is 332 g/mol. The highest BCUT2D eigenvalue weighted by molar-refractivity contribution is 9.10. The zero-order valence-corrected chi connectivity index (χ0v) is 11.3. The van der Waals surface area contributed by atoms with Crippen molar-refractivity contribution in [1.82, 2.24) is 4.98 Å². The van der Waals surface area contributed by atoms with Gasteiger partial charge in [-0.15, -0.1) is 0 Å². The smallest absolute Gasteiger partial charge is 0.258 e. The van der Waals surface area contributed by atoms with Crippen molar-refractivity contribution in [2.45, 2.75) is 0 Å². The summed E-state index contributed by atoms with van der Waals surface area (Å²) in [6, 6.07) is 4.61. The SMILES string of the molecule is CNc1nc(Oc2ccc(Br)cc2F)c(F)cc1F. The Balaban J connectivity index is 2.37. The molecule has 0 aliphatic rings. The number of hydrogen-bond acceptors (Lipinski definition) is 3. The Bertz CT molecular complexity index is 622. The fourth-order valence-electron chi connectivity index (χ4n) is 1.36. The minimum atomic E-state index is -1.01. The number of anilines is 1. The van der Waals surface area contributed by atoms with Gasteiger partial charge in [-0.1, -0.05) is 15.9 Å². The van der Waals surface area contributed by atoms with Crippen LogP contribution >= 0.6 is 15.9 Å². The molecule has 0 saturated carbocycles. The summed E-state index contributed by atoms with van der Waals surface area (Å²) >= 11 is 3.08. The summed E-state index contributed by atoms with van der Waals surface area (Å²) in [6.45, 7) is 0. The maximum atomic E-state index is 13.5. The van der Waals surface area contributed by atoms with Crippen molar-refractivity contribution < 1.29 is 17.9 Å². The Kier molecular flexibility index (Phi) is 3.94. The molecular formula is C12H8BrF3N2O. The summed E-state index contributed by atoms with van der Waals surface area (Å²) in [5, 5.41) is 2.44. The fourth-order valence-corrected chi connectivity index (χ4v) is 1.69. The van der Waals surface area contributed by atoms with Crippen LogP contribution in [0.1, 0.15) is 0 Å². The molecule has 0 unspecified atom stereocenters. The molecule has 0 amide bonds. The van der Waals surface area contributed by atoms with Crippen molar-refractivity contribution in [2.75, 3.05) is 12.4 Å². The van der Waals surface area contributed by atoms with Crippen LogP contribution in [0.4, 0.5) is 19.0 Å². The molecule has 2 rings (SSSR count). The Morgan fingerprint density at radius 3 is 2.47 bits per heavy atom. The quantitative estimate of drug-likeness (QED) is 0.918. The van der Waals surface area contributed by atoms with Crippen LogP contribution in [-0.2, 0) is 0 Å². The van der Waals surface area contributed by atoms with Gasteiger partial charge in [-0.3, -0.25) is 0 Å². The summed E-state index contributed by atoms with van der Waals surface area (Å²) < 4.78 is 45.7. The van der Waals surface area contributed by atoms with Gasteiger partial charge in [0.15, 0.2) is 29.0 Å². The average Bonchev–Trinajstić information content (AvgIpc) is 2.35. The van der Waals surface area contributed by atoms with Gasteiger partial charge in [-0.2, -0.15) is 4.98 Å². The number of hydrogen-bond donors (Lipinski definition) is 1. The summed E-state index contributed by atoms with van der Waals surface area (Å²) in [5.74, 6) is -3.46. The van der Waals surface area contributed by atoms with Crippen LogP contribution in [0.25, 0.3) is 0 Å². The highest BCUT2D eigenvalue weighted by Gasteiger charge is 2.14. The first kappa shape index (κ1) is 13.7. The second kappa shape index (κ2) is 5.48. The number of aromatic nitrogens is 1. The number of rotatable bonds is 3. The lowest BCUT2D eigenvalue weighted by atomic mass is 10.3. The maximum Gasteiger partial charge on any atom is 0.258 e. The Morgan fingerprint density at radius 1 is 1.11 bits per heavy atom. The predicted molar refractivity (Wildman–Crippen MR) is 67.9 cm³/mol. The third kappa shape index (κ3) is 2.98. The third-order valence-corrected chi connectivity index (χ3v) is 2.73. The highest BCUT2D eigenvalue weighted by Crippen LogP contribution is 2.29. The zero-order valence-electron chi connectivity index (χ0n) is 9.68. The van der Waals surface area contributed by atoms with Gasteiger partial charge in [0, 0.05) is 17.6 Å². The minimum absolute atomic E-state index is 0.186. The molecule has 3 nitrogen and oxygen atoms in total. The molecule has 0 fully saturated rings. The van der Waals surface area contributed by atoms with Crippen LogP contribution in [0.3, 0.4) is 0 Å². The van der Waals surface area contributed by atoms with Crippen LogP contribution < -0.4 is 10.1 Å². The van der Waals surface area contributed by atoms with E-state index in [4.69, 9.17) is 4.74 Å². The lowest BCUT2D eigenvalue weighted by Crippen LogP contribution is -2.01. The molecule has 1 heterocycles. The number of halogens is 4. The van der Waals surface area contributed by atoms with Crippen LogP contribution in [0.15, 0.2) is 28.7 Å². The molecule has 19 heavy (non-hydrogen) atoms. The molecule has 100 valence electrons. The van der Waals surface area contributed by atoms with Gasteiger partial charge in [0.2, 0.25) is 0 Å². The highest BCUT2D eigenvalue weighted by atomic mass is 79.9. The van der Waals surface area contributed by atoms with Gasteiger partial charge >= 0.3 is 0 Å². The predicted octanol–water partition coefficient (Wildman–Crippen LogP) is 4.10. The first-order valence-corrected chi connectivity index (χ1v) is 5.97. The van der Waals surface area contributed by atoms with Crippen molar-refractivity contribution >= 4 is 21.7 Å². The van der Waals surface area contributed by atoms with Crippen molar-refractivity contribution in [3.8, 4) is 11.6 Å². The van der Waals surface area contributed by atoms with Gasteiger partial charge in [0.1, 0.15) is 0 Å². The molecule has 7 heteroatoms. The van der Waals surface area contributed by atoms with Crippen LogP contribution in [0, 0.1) is 17.5 Å². The second-order valence-corrected chi connectivity index (χ2v) is 4.45. The summed E-state index contributed by atoms with van der Waals surface area (Å²) in [6.07, 6.45) is 0. The number of nitrogens with one attached hydrogen (secondary N) is 1. The van der Waals surface area contributed by atoms with Gasteiger partial charge in [0.05, 0.1) is 0 Å². The number of ether oxygens (including phenoxy) is 1.